The van der Waals surface area contributed by atoms with Gasteiger partial charge in [-0.1, -0.05) is 25.3 Å². The highest BCUT2D eigenvalue weighted by Crippen LogP contribution is 2.36. The fraction of sp³-hybridized carbons (Fsp3) is 0.643. The van der Waals surface area contributed by atoms with Crippen LogP contribution in [0.15, 0.2) is 24.4 Å². The molecule has 2 fully saturated rings. The summed E-state index contributed by atoms with van der Waals surface area (Å²) in [6, 6.07) is 6.25. The van der Waals surface area contributed by atoms with Gasteiger partial charge < -0.3 is 10.2 Å². The van der Waals surface area contributed by atoms with Crippen molar-refractivity contribution in [3.63, 3.8) is 0 Å². The molecule has 1 N–H and O–H groups in total. The summed E-state index contributed by atoms with van der Waals surface area (Å²) in [5.74, 6) is 1.16. The molecule has 1 aromatic rings. The van der Waals surface area contributed by atoms with E-state index >= 15 is 0 Å². The lowest BCUT2D eigenvalue weighted by molar-refractivity contribution is 0.240. The molecule has 3 rings (SSSR count). The molecule has 3 nitrogen and oxygen atoms in total. The van der Waals surface area contributed by atoms with Crippen molar-refractivity contribution in [3.8, 4) is 0 Å². The minimum Gasteiger partial charge on any atom is -0.348 e. The summed E-state index contributed by atoms with van der Waals surface area (Å²) in [6.07, 6.45) is 8.68. The van der Waals surface area contributed by atoms with Gasteiger partial charge in [-0.3, -0.25) is 0 Å². The first-order chi connectivity index (χ1) is 8.41. The zero-order valence-electron chi connectivity index (χ0n) is 10.4. The predicted octanol–water partition coefficient (Wildman–Crippen LogP) is 2.19. The molecule has 1 aliphatic carbocycles. The first kappa shape index (κ1) is 11.0. The fourth-order valence-corrected chi connectivity index (χ4v) is 3.37. The van der Waals surface area contributed by atoms with E-state index in [9.17, 15) is 0 Å². The van der Waals surface area contributed by atoms with Gasteiger partial charge in [0, 0.05) is 25.8 Å². The minimum atomic E-state index is 0.338. The van der Waals surface area contributed by atoms with Crippen LogP contribution in [0.4, 0.5) is 5.82 Å². The van der Waals surface area contributed by atoms with E-state index in [1.165, 1.54) is 32.1 Å². The van der Waals surface area contributed by atoms with E-state index in [1.807, 2.05) is 12.3 Å². The minimum absolute atomic E-state index is 0.338. The third-order valence-corrected chi connectivity index (χ3v) is 4.25. The molecular formula is C14H21N3. The van der Waals surface area contributed by atoms with Crippen molar-refractivity contribution in [2.24, 2.45) is 0 Å². The maximum absolute atomic E-state index is 4.55. The van der Waals surface area contributed by atoms with Crippen LogP contribution in [0.1, 0.15) is 32.1 Å². The van der Waals surface area contributed by atoms with Crippen LogP contribution in [0.25, 0.3) is 0 Å². The summed E-state index contributed by atoms with van der Waals surface area (Å²) in [4.78, 5) is 7.11. The average Bonchev–Trinajstić information content (AvgIpc) is 2.41. The van der Waals surface area contributed by atoms with Crippen LogP contribution >= 0.6 is 0 Å². The number of hydrogen-bond acceptors (Lipinski definition) is 3. The lowest BCUT2D eigenvalue weighted by Gasteiger charge is -2.50. The van der Waals surface area contributed by atoms with Crippen LogP contribution in [0.5, 0.6) is 0 Å². The van der Waals surface area contributed by atoms with Crippen LogP contribution in [0.3, 0.4) is 0 Å². The fourth-order valence-electron chi connectivity index (χ4n) is 3.37. The molecule has 2 heterocycles. The van der Waals surface area contributed by atoms with Crippen LogP contribution < -0.4 is 10.2 Å². The Morgan fingerprint density at radius 2 is 2.06 bits per heavy atom. The topological polar surface area (TPSA) is 28.2 Å². The van der Waals surface area contributed by atoms with Gasteiger partial charge in [0.1, 0.15) is 5.82 Å². The molecule has 1 aromatic heterocycles. The van der Waals surface area contributed by atoms with Crippen molar-refractivity contribution in [1.82, 2.24) is 10.3 Å². The molecule has 0 radical (unpaired) electrons. The number of nitrogens with zero attached hydrogens (tertiary/aromatic N) is 2. The van der Waals surface area contributed by atoms with E-state index in [0.29, 0.717) is 5.54 Å². The SMILES string of the molecule is c1ccc(N2CCNCC23CCCCC3)nc1. The largest absolute Gasteiger partial charge is 0.348 e. The van der Waals surface area contributed by atoms with E-state index in [2.05, 4.69) is 27.3 Å². The van der Waals surface area contributed by atoms with E-state index in [-0.39, 0.29) is 0 Å². The monoisotopic (exact) mass is 231 g/mol. The Morgan fingerprint density at radius 3 is 2.82 bits per heavy atom. The summed E-state index contributed by atoms with van der Waals surface area (Å²) in [7, 11) is 0. The van der Waals surface area contributed by atoms with Gasteiger partial charge in [0.2, 0.25) is 0 Å². The normalized spacial score (nSPS) is 23.9. The number of hydrogen-bond donors (Lipinski definition) is 1. The van der Waals surface area contributed by atoms with E-state index in [1.54, 1.807) is 0 Å². The Bertz CT molecular complexity index is 349. The first-order valence-electron chi connectivity index (χ1n) is 6.80. The van der Waals surface area contributed by atoms with Gasteiger partial charge in [-0.15, -0.1) is 0 Å². The first-order valence-corrected chi connectivity index (χ1v) is 6.80. The zero-order chi connectivity index (χ0) is 11.6. The van der Waals surface area contributed by atoms with Crippen molar-refractivity contribution in [3.05, 3.63) is 24.4 Å². The number of nitrogens with one attached hydrogen (secondary N) is 1. The van der Waals surface area contributed by atoms with Gasteiger partial charge in [0.05, 0.1) is 5.54 Å². The number of rotatable bonds is 1. The quantitative estimate of drug-likeness (QED) is 0.803. The van der Waals surface area contributed by atoms with Crippen molar-refractivity contribution in [2.45, 2.75) is 37.6 Å². The Morgan fingerprint density at radius 1 is 1.18 bits per heavy atom. The van der Waals surface area contributed by atoms with Crippen molar-refractivity contribution >= 4 is 5.82 Å². The Labute approximate surface area is 103 Å². The molecule has 1 saturated carbocycles. The van der Waals surface area contributed by atoms with Gasteiger partial charge in [0.15, 0.2) is 0 Å². The number of piperazine rings is 1. The highest BCUT2D eigenvalue weighted by Gasteiger charge is 2.40. The van der Waals surface area contributed by atoms with E-state index < -0.39 is 0 Å². The Kier molecular flexibility index (Phi) is 3.02. The van der Waals surface area contributed by atoms with Crippen LogP contribution in [0.2, 0.25) is 0 Å². The second kappa shape index (κ2) is 4.65. The number of pyridine rings is 1. The van der Waals surface area contributed by atoms with E-state index in [4.69, 9.17) is 0 Å². The van der Waals surface area contributed by atoms with Gasteiger partial charge in [-0.05, 0) is 25.0 Å². The highest BCUT2D eigenvalue weighted by molar-refractivity contribution is 5.43. The molecule has 92 valence electrons. The summed E-state index contributed by atoms with van der Waals surface area (Å²) in [5, 5.41) is 3.58. The van der Waals surface area contributed by atoms with Crippen LogP contribution in [-0.4, -0.2) is 30.2 Å². The smallest absolute Gasteiger partial charge is 0.129 e. The van der Waals surface area contributed by atoms with Gasteiger partial charge in [-0.25, -0.2) is 4.98 Å². The van der Waals surface area contributed by atoms with Crippen LogP contribution in [0, 0.1) is 0 Å². The van der Waals surface area contributed by atoms with Gasteiger partial charge >= 0.3 is 0 Å². The zero-order valence-corrected chi connectivity index (χ0v) is 10.4. The molecule has 0 unspecified atom stereocenters. The standard InChI is InChI=1S/C14H21N3/c1-3-7-14(8-4-1)12-15-10-11-17(14)13-6-2-5-9-16-13/h2,5-6,9,15H,1,3-4,7-8,10-12H2. The lowest BCUT2D eigenvalue weighted by Crippen LogP contribution is -2.62. The Hall–Kier alpha value is -1.09. The summed E-state index contributed by atoms with van der Waals surface area (Å²) in [6.45, 7) is 3.30. The average molecular weight is 231 g/mol. The molecule has 0 bridgehead atoms. The third kappa shape index (κ3) is 2.04. The number of anilines is 1. The predicted molar refractivity (Wildman–Crippen MR) is 70.3 cm³/mol. The second-order valence-electron chi connectivity index (χ2n) is 5.30. The molecule has 1 saturated heterocycles. The second-order valence-corrected chi connectivity index (χ2v) is 5.30. The summed E-state index contributed by atoms with van der Waals surface area (Å²) < 4.78 is 0. The summed E-state index contributed by atoms with van der Waals surface area (Å²) in [5.41, 5.74) is 0.338. The number of aromatic nitrogens is 1. The van der Waals surface area contributed by atoms with Gasteiger partial charge in [0.25, 0.3) is 0 Å². The maximum atomic E-state index is 4.55. The Balaban J connectivity index is 1.89. The third-order valence-electron chi connectivity index (χ3n) is 4.25. The molecule has 0 aromatic carbocycles. The van der Waals surface area contributed by atoms with Crippen molar-refractivity contribution in [1.29, 1.82) is 0 Å². The molecule has 0 atom stereocenters. The van der Waals surface area contributed by atoms with Crippen molar-refractivity contribution < 1.29 is 0 Å². The summed E-state index contributed by atoms with van der Waals surface area (Å²) >= 11 is 0. The highest BCUT2D eigenvalue weighted by atomic mass is 15.3. The molecule has 2 aliphatic rings. The lowest BCUT2D eigenvalue weighted by atomic mass is 9.79. The molecule has 1 spiro atoms. The molecule has 1 aliphatic heterocycles. The molecule has 0 amide bonds. The molecule has 3 heteroatoms. The maximum Gasteiger partial charge on any atom is 0.129 e. The van der Waals surface area contributed by atoms with Crippen molar-refractivity contribution in [2.75, 3.05) is 24.5 Å². The molecule has 17 heavy (non-hydrogen) atoms. The van der Waals surface area contributed by atoms with E-state index in [0.717, 1.165) is 25.5 Å². The van der Waals surface area contributed by atoms with Crippen LogP contribution in [-0.2, 0) is 0 Å². The van der Waals surface area contributed by atoms with Gasteiger partial charge in [-0.2, -0.15) is 0 Å². The molecular weight excluding hydrogens is 210 g/mol.